The van der Waals surface area contributed by atoms with E-state index in [1.165, 1.54) is 18.5 Å². The molecule has 0 amide bonds. The number of nitrogens with zero attached hydrogens (tertiary/aromatic N) is 3. The van der Waals surface area contributed by atoms with E-state index in [-0.39, 0.29) is 5.82 Å². The fraction of sp³-hybridized carbons (Fsp3) is 0.0625. The number of nitrogens with one attached hydrogen (secondary N) is 2. The standard InChI is InChI=1S/C16H14BrFN6/c17-11-3-6-13(20-8-11)24-16-14(19)15(22-9-23-16)21-7-10-1-4-12(18)5-2-10/h1-6,8-9H,7,19H2,(H2,20,21,22,23,24). The van der Waals surface area contributed by atoms with Crippen molar-refractivity contribution >= 4 is 39.1 Å². The number of hydrogen-bond acceptors (Lipinski definition) is 6. The number of nitrogen functional groups attached to an aromatic ring is 1. The molecule has 0 fully saturated rings. The molecule has 0 spiro atoms. The molecule has 0 aliphatic heterocycles. The van der Waals surface area contributed by atoms with Crippen molar-refractivity contribution in [3.8, 4) is 0 Å². The van der Waals surface area contributed by atoms with Crippen LogP contribution in [0.15, 0.2) is 53.4 Å². The number of rotatable bonds is 5. The number of aromatic nitrogens is 3. The summed E-state index contributed by atoms with van der Waals surface area (Å²) >= 11 is 3.33. The number of pyridine rings is 1. The lowest BCUT2D eigenvalue weighted by Crippen LogP contribution is -2.08. The van der Waals surface area contributed by atoms with Crippen LogP contribution in [-0.2, 0) is 6.54 Å². The Morgan fingerprint density at radius 1 is 1.00 bits per heavy atom. The van der Waals surface area contributed by atoms with Gasteiger partial charge >= 0.3 is 0 Å². The predicted molar refractivity (Wildman–Crippen MR) is 95.4 cm³/mol. The zero-order chi connectivity index (χ0) is 16.9. The van der Waals surface area contributed by atoms with Crippen molar-refractivity contribution in [2.24, 2.45) is 0 Å². The summed E-state index contributed by atoms with van der Waals surface area (Å²) < 4.78 is 13.8. The highest BCUT2D eigenvalue weighted by atomic mass is 79.9. The number of nitrogens with two attached hydrogens (primary N) is 1. The molecule has 6 nitrogen and oxygen atoms in total. The van der Waals surface area contributed by atoms with Crippen molar-refractivity contribution in [2.45, 2.75) is 6.54 Å². The Labute approximate surface area is 146 Å². The zero-order valence-corrected chi connectivity index (χ0v) is 14.1. The first-order chi connectivity index (χ1) is 11.6. The Morgan fingerprint density at radius 2 is 1.75 bits per heavy atom. The lowest BCUT2D eigenvalue weighted by Gasteiger charge is -2.12. The monoisotopic (exact) mass is 388 g/mol. The van der Waals surface area contributed by atoms with Gasteiger partial charge in [0.15, 0.2) is 11.6 Å². The van der Waals surface area contributed by atoms with E-state index in [0.717, 1.165) is 10.0 Å². The number of halogens is 2. The molecule has 4 N–H and O–H groups in total. The van der Waals surface area contributed by atoms with Gasteiger partial charge in [-0.1, -0.05) is 12.1 Å². The van der Waals surface area contributed by atoms with E-state index < -0.39 is 0 Å². The van der Waals surface area contributed by atoms with Gasteiger partial charge in [0.05, 0.1) is 0 Å². The molecule has 3 aromatic rings. The molecule has 2 aromatic heterocycles. The molecule has 122 valence electrons. The highest BCUT2D eigenvalue weighted by Gasteiger charge is 2.09. The van der Waals surface area contributed by atoms with Crippen LogP contribution in [0.5, 0.6) is 0 Å². The highest BCUT2D eigenvalue weighted by Crippen LogP contribution is 2.25. The second-order valence-electron chi connectivity index (χ2n) is 4.95. The Balaban J connectivity index is 1.72. The highest BCUT2D eigenvalue weighted by molar-refractivity contribution is 9.10. The first kappa shape index (κ1) is 16.1. The Hall–Kier alpha value is -2.74. The van der Waals surface area contributed by atoms with E-state index >= 15 is 0 Å². The minimum atomic E-state index is -0.270. The van der Waals surface area contributed by atoms with Crippen molar-refractivity contribution in [3.05, 3.63) is 64.8 Å². The normalized spacial score (nSPS) is 10.4. The van der Waals surface area contributed by atoms with Gasteiger partial charge in [-0.3, -0.25) is 0 Å². The molecule has 0 bridgehead atoms. The summed E-state index contributed by atoms with van der Waals surface area (Å²) in [5.74, 6) is 1.30. The minimum Gasteiger partial charge on any atom is -0.393 e. The van der Waals surface area contributed by atoms with Gasteiger partial charge in [-0.2, -0.15) is 0 Å². The zero-order valence-electron chi connectivity index (χ0n) is 12.5. The molecule has 0 aliphatic rings. The lowest BCUT2D eigenvalue weighted by atomic mass is 10.2. The number of hydrogen-bond donors (Lipinski definition) is 3. The van der Waals surface area contributed by atoms with Crippen LogP contribution in [0.25, 0.3) is 0 Å². The molecular weight excluding hydrogens is 375 g/mol. The van der Waals surface area contributed by atoms with E-state index in [4.69, 9.17) is 5.73 Å². The van der Waals surface area contributed by atoms with Crippen LogP contribution < -0.4 is 16.4 Å². The third-order valence-electron chi connectivity index (χ3n) is 3.23. The Kier molecular flexibility index (Phi) is 4.85. The third-order valence-corrected chi connectivity index (χ3v) is 3.70. The Bertz CT molecular complexity index is 823. The average molecular weight is 389 g/mol. The van der Waals surface area contributed by atoms with Gasteiger partial charge in [-0.05, 0) is 45.8 Å². The molecule has 0 saturated carbocycles. The molecule has 8 heteroatoms. The maximum atomic E-state index is 12.9. The molecule has 0 unspecified atom stereocenters. The summed E-state index contributed by atoms with van der Waals surface area (Å²) in [5, 5.41) is 6.17. The van der Waals surface area contributed by atoms with E-state index in [1.54, 1.807) is 24.4 Å². The van der Waals surface area contributed by atoms with Crippen LogP contribution in [-0.4, -0.2) is 15.0 Å². The Morgan fingerprint density at radius 3 is 2.46 bits per heavy atom. The second-order valence-corrected chi connectivity index (χ2v) is 5.87. The molecule has 24 heavy (non-hydrogen) atoms. The van der Waals surface area contributed by atoms with Gasteiger partial charge in [-0.15, -0.1) is 0 Å². The van der Waals surface area contributed by atoms with Gasteiger partial charge in [0.1, 0.15) is 23.6 Å². The molecule has 0 aliphatic carbocycles. The van der Waals surface area contributed by atoms with Gasteiger partial charge < -0.3 is 16.4 Å². The van der Waals surface area contributed by atoms with Crippen LogP contribution in [0, 0.1) is 5.82 Å². The summed E-state index contributed by atoms with van der Waals surface area (Å²) in [6.07, 6.45) is 3.08. The first-order valence-corrected chi connectivity index (χ1v) is 7.88. The van der Waals surface area contributed by atoms with E-state index in [1.807, 2.05) is 6.07 Å². The van der Waals surface area contributed by atoms with Crippen molar-refractivity contribution < 1.29 is 4.39 Å². The maximum Gasteiger partial charge on any atom is 0.160 e. The van der Waals surface area contributed by atoms with Crippen molar-refractivity contribution in [2.75, 3.05) is 16.4 Å². The fourth-order valence-corrected chi connectivity index (χ4v) is 2.23. The SMILES string of the molecule is Nc1c(NCc2ccc(F)cc2)ncnc1Nc1ccc(Br)cn1. The fourth-order valence-electron chi connectivity index (χ4n) is 2.00. The number of anilines is 4. The molecule has 0 radical (unpaired) electrons. The predicted octanol–water partition coefficient (Wildman–Crippen LogP) is 3.71. The summed E-state index contributed by atoms with van der Waals surface area (Å²) in [4.78, 5) is 12.5. The maximum absolute atomic E-state index is 12.9. The molecule has 0 atom stereocenters. The van der Waals surface area contributed by atoms with Crippen LogP contribution in [0.2, 0.25) is 0 Å². The smallest absolute Gasteiger partial charge is 0.160 e. The largest absolute Gasteiger partial charge is 0.393 e. The average Bonchev–Trinajstić information content (AvgIpc) is 2.59. The number of benzene rings is 1. The first-order valence-electron chi connectivity index (χ1n) is 7.09. The quantitative estimate of drug-likeness (QED) is 0.617. The minimum absolute atomic E-state index is 0.270. The molecule has 0 saturated heterocycles. The summed E-state index contributed by atoms with van der Waals surface area (Å²) in [6.45, 7) is 0.470. The van der Waals surface area contributed by atoms with Gasteiger partial charge in [0.2, 0.25) is 0 Å². The lowest BCUT2D eigenvalue weighted by molar-refractivity contribution is 0.627. The van der Waals surface area contributed by atoms with E-state index in [0.29, 0.717) is 29.7 Å². The van der Waals surface area contributed by atoms with Gasteiger partial charge in [0.25, 0.3) is 0 Å². The van der Waals surface area contributed by atoms with Crippen LogP contribution in [0.1, 0.15) is 5.56 Å². The van der Waals surface area contributed by atoms with E-state index in [9.17, 15) is 4.39 Å². The van der Waals surface area contributed by atoms with Crippen molar-refractivity contribution in [1.29, 1.82) is 0 Å². The molecule has 2 heterocycles. The summed E-state index contributed by atoms with van der Waals surface area (Å²) in [6, 6.07) is 9.88. The summed E-state index contributed by atoms with van der Waals surface area (Å²) in [5.41, 5.74) is 7.40. The molecular formula is C16H14BrFN6. The van der Waals surface area contributed by atoms with Gasteiger partial charge in [-0.25, -0.2) is 19.3 Å². The summed E-state index contributed by atoms with van der Waals surface area (Å²) in [7, 11) is 0. The van der Waals surface area contributed by atoms with Crippen LogP contribution in [0.4, 0.5) is 27.5 Å². The van der Waals surface area contributed by atoms with Crippen molar-refractivity contribution in [1.82, 2.24) is 15.0 Å². The van der Waals surface area contributed by atoms with Gasteiger partial charge in [0, 0.05) is 17.2 Å². The van der Waals surface area contributed by atoms with E-state index in [2.05, 4.69) is 41.5 Å². The molecule has 3 rings (SSSR count). The van der Waals surface area contributed by atoms with Crippen LogP contribution in [0.3, 0.4) is 0 Å². The van der Waals surface area contributed by atoms with Crippen molar-refractivity contribution in [3.63, 3.8) is 0 Å². The third kappa shape index (κ3) is 3.96. The topological polar surface area (TPSA) is 88.8 Å². The molecule has 1 aromatic carbocycles. The van der Waals surface area contributed by atoms with Crippen LogP contribution >= 0.6 is 15.9 Å². The second kappa shape index (κ2) is 7.22.